The van der Waals surface area contributed by atoms with Crippen LogP contribution in [0.2, 0.25) is 0 Å². The largest absolute Gasteiger partial charge is 0.444 e. The fourth-order valence-electron chi connectivity index (χ4n) is 1.68. The van der Waals surface area contributed by atoms with Gasteiger partial charge in [0.05, 0.1) is 6.54 Å². The predicted molar refractivity (Wildman–Crippen MR) is 110 cm³/mol. The van der Waals surface area contributed by atoms with Gasteiger partial charge in [-0.05, 0) is 20.8 Å². The van der Waals surface area contributed by atoms with Crippen molar-refractivity contribution in [2.24, 2.45) is 4.99 Å². The molecule has 12 heteroatoms. The van der Waals surface area contributed by atoms with E-state index in [4.69, 9.17) is 4.74 Å². The molecule has 0 radical (unpaired) electrons. The monoisotopic (exact) mass is 523 g/mol. The van der Waals surface area contributed by atoms with Gasteiger partial charge in [-0.2, -0.15) is 13.2 Å². The highest BCUT2D eigenvalue weighted by atomic mass is 127. The number of alkyl halides is 3. The van der Waals surface area contributed by atoms with Crippen molar-refractivity contribution >= 4 is 47.4 Å². The van der Waals surface area contributed by atoms with Gasteiger partial charge in [-0.3, -0.25) is 4.99 Å². The second kappa shape index (κ2) is 10.9. The highest BCUT2D eigenvalue weighted by molar-refractivity contribution is 14.0. The lowest BCUT2D eigenvalue weighted by Gasteiger charge is -2.24. The van der Waals surface area contributed by atoms with E-state index in [-0.39, 0.29) is 30.5 Å². The maximum absolute atomic E-state index is 12.5. The minimum absolute atomic E-state index is 0. The minimum atomic E-state index is -4.44. The highest BCUT2D eigenvalue weighted by Gasteiger charge is 2.33. The molecular formula is C15H25F3IN5O2S. The molecule has 0 aliphatic rings. The number of aliphatic imine (C=N–C) groups is 1. The molecule has 0 bridgehead atoms. The van der Waals surface area contributed by atoms with Crippen LogP contribution >= 0.6 is 35.3 Å². The molecule has 0 aliphatic heterocycles. The standard InChI is InChI=1S/C15H24F3N5O2S.HI/c1-14(2,3)25-13(24)23(5)7-6-20-12(19-4)21-8-11-22-10(9-26-11)15(16,17)18;/h9H,6-8H2,1-5H3,(H2,19,20,21);1H. The number of aromatic nitrogens is 1. The van der Waals surface area contributed by atoms with Crippen molar-refractivity contribution in [3.05, 3.63) is 16.1 Å². The van der Waals surface area contributed by atoms with Crippen LogP contribution in [0.5, 0.6) is 0 Å². The van der Waals surface area contributed by atoms with Crippen LogP contribution in [0, 0.1) is 0 Å². The van der Waals surface area contributed by atoms with Crippen LogP contribution in [0.1, 0.15) is 31.5 Å². The molecule has 156 valence electrons. The van der Waals surface area contributed by atoms with E-state index >= 15 is 0 Å². The summed E-state index contributed by atoms with van der Waals surface area (Å²) in [6, 6.07) is 0. The summed E-state index contributed by atoms with van der Waals surface area (Å²) in [7, 11) is 3.15. The number of halogens is 4. The Balaban J connectivity index is 0.00000676. The highest BCUT2D eigenvalue weighted by Crippen LogP contribution is 2.29. The van der Waals surface area contributed by atoms with Crippen molar-refractivity contribution in [1.29, 1.82) is 0 Å². The molecule has 0 saturated heterocycles. The van der Waals surface area contributed by atoms with Crippen LogP contribution in [0.3, 0.4) is 0 Å². The molecule has 0 aromatic carbocycles. The Bertz CT molecular complexity index is 632. The normalized spacial score (nSPS) is 12.2. The van der Waals surface area contributed by atoms with Crippen LogP contribution in [-0.2, 0) is 17.5 Å². The van der Waals surface area contributed by atoms with Crippen molar-refractivity contribution < 1.29 is 22.7 Å². The zero-order valence-corrected chi connectivity index (χ0v) is 19.0. The lowest BCUT2D eigenvalue weighted by atomic mass is 10.2. The maximum atomic E-state index is 12.5. The Morgan fingerprint density at radius 3 is 2.44 bits per heavy atom. The number of ether oxygens (including phenoxy) is 1. The predicted octanol–water partition coefficient (Wildman–Crippen LogP) is 3.31. The molecule has 7 nitrogen and oxygen atoms in total. The van der Waals surface area contributed by atoms with Crippen molar-refractivity contribution in [2.75, 3.05) is 27.2 Å². The van der Waals surface area contributed by atoms with Crippen molar-refractivity contribution in [3.63, 3.8) is 0 Å². The number of thiazole rings is 1. The van der Waals surface area contributed by atoms with E-state index in [0.717, 1.165) is 16.7 Å². The van der Waals surface area contributed by atoms with Crippen LogP contribution in [-0.4, -0.2) is 54.7 Å². The first-order valence-corrected chi connectivity index (χ1v) is 8.70. The van der Waals surface area contributed by atoms with Gasteiger partial charge in [-0.1, -0.05) is 0 Å². The van der Waals surface area contributed by atoms with Crippen LogP contribution in [0.25, 0.3) is 0 Å². The smallest absolute Gasteiger partial charge is 0.434 e. The number of hydrogen-bond donors (Lipinski definition) is 2. The lowest BCUT2D eigenvalue weighted by Crippen LogP contribution is -2.42. The van der Waals surface area contributed by atoms with E-state index in [0.29, 0.717) is 24.1 Å². The van der Waals surface area contributed by atoms with E-state index in [9.17, 15) is 18.0 Å². The van der Waals surface area contributed by atoms with Crippen molar-refractivity contribution in [2.45, 2.75) is 39.1 Å². The summed E-state index contributed by atoms with van der Waals surface area (Å²) >= 11 is 0.921. The number of nitrogens with one attached hydrogen (secondary N) is 2. The molecule has 1 aromatic rings. The molecule has 1 rings (SSSR count). The maximum Gasteiger partial charge on any atom is 0.434 e. The summed E-state index contributed by atoms with van der Waals surface area (Å²) in [6.07, 6.45) is -4.88. The van der Waals surface area contributed by atoms with E-state index in [2.05, 4.69) is 20.6 Å². The summed E-state index contributed by atoms with van der Waals surface area (Å²) in [5, 5.41) is 7.12. The van der Waals surface area contributed by atoms with Gasteiger partial charge >= 0.3 is 12.3 Å². The molecule has 0 unspecified atom stereocenters. The summed E-state index contributed by atoms with van der Waals surface area (Å²) in [5.74, 6) is 0.395. The molecular weight excluding hydrogens is 498 g/mol. The van der Waals surface area contributed by atoms with Gasteiger partial charge in [0.1, 0.15) is 10.6 Å². The third-order valence-electron chi connectivity index (χ3n) is 2.92. The fraction of sp³-hybridized carbons (Fsp3) is 0.667. The van der Waals surface area contributed by atoms with Gasteiger partial charge in [0, 0.05) is 32.6 Å². The van der Waals surface area contributed by atoms with Crippen molar-refractivity contribution in [1.82, 2.24) is 20.5 Å². The Labute approximate surface area is 177 Å². The third-order valence-corrected chi connectivity index (χ3v) is 3.77. The third kappa shape index (κ3) is 9.98. The topological polar surface area (TPSA) is 78.9 Å². The number of amides is 1. The van der Waals surface area contributed by atoms with Crippen LogP contribution in [0.4, 0.5) is 18.0 Å². The number of nitrogens with zero attached hydrogens (tertiary/aromatic N) is 3. The Hall–Kier alpha value is -1.31. The van der Waals surface area contributed by atoms with E-state index in [1.165, 1.54) is 11.9 Å². The average Bonchev–Trinajstić information content (AvgIpc) is 2.97. The van der Waals surface area contributed by atoms with E-state index < -0.39 is 23.6 Å². The minimum Gasteiger partial charge on any atom is -0.444 e. The molecule has 0 spiro atoms. The van der Waals surface area contributed by atoms with Gasteiger partial charge in [-0.25, -0.2) is 9.78 Å². The van der Waals surface area contributed by atoms with Gasteiger partial charge in [0.15, 0.2) is 11.7 Å². The van der Waals surface area contributed by atoms with Gasteiger partial charge in [-0.15, -0.1) is 35.3 Å². The fourth-order valence-corrected chi connectivity index (χ4v) is 2.42. The summed E-state index contributed by atoms with van der Waals surface area (Å²) in [5.41, 5.74) is -1.47. The second-order valence-electron chi connectivity index (χ2n) is 6.38. The molecule has 1 aromatic heterocycles. The number of guanidine groups is 1. The molecule has 2 N–H and O–H groups in total. The first-order valence-electron chi connectivity index (χ1n) is 7.82. The summed E-state index contributed by atoms with van der Waals surface area (Å²) in [4.78, 5) is 20.8. The molecule has 1 amide bonds. The Kier molecular flexibility index (Phi) is 10.4. The SMILES string of the molecule is CN=C(NCCN(C)C(=O)OC(C)(C)C)NCc1nc(C(F)(F)F)cs1.I. The first kappa shape index (κ1) is 25.7. The average molecular weight is 523 g/mol. The van der Waals surface area contributed by atoms with Gasteiger partial charge in [0.25, 0.3) is 0 Å². The first-order chi connectivity index (χ1) is 11.9. The molecule has 0 saturated carbocycles. The molecule has 0 fully saturated rings. The van der Waals surface area contributed by atoms with Crippen molar-refractivity contribution in [3.8, 4) is 0 Å². The van der Waals surface area contributed by atoms with Gasteiger partial charge < -0.3 is 20.3 Å². The molecule has 1 heterocycles. The van der Waals surface area contributed by atoms with Gasteiger partial charge in [0.2, 0.25) is 0 Å². The quantitative estimate of drug-likeness (QED) is 0.352. The Morgan fingerprint density at radius 1 is 1.33 bits per heavy atom. The number of likely N-dealkylation sites (N-methyl/N-ethyl adjacent to an activating group) is 1. The number of carbonyl (C=O) groups excluding carboxylic acids is 1. The lowest BCUT2D eigenvalue weighted by molar-refractivity contribution is -0.140. The molecule has 0 aliphatic carbocycles. The number of hydrogen-bond acceptors (Lipinski definition) is 5. The summed E-state index contributed by atoms with van der Waals surface area (Å²) in [6.45, 7) is 6.22. The summed E-state index contributed by atoms with van der Waals surface area (Å²) < 4.78 is 42.8. The zero-order valence-electron chi connectivity index (χ0n) is 15.8. The Morgan fingerprint density at radius 2 is 1.96 bits per heavy atom. The van der Waals surface area contributed by atoms with Crippen LogP contribution in [0.15, 0.2) is 10.4 Å². The molecule has 0 atom stereocenters. The number of rotatable bonds is 5. The molecule has 27 heavy (non-hydrogen) atoms. The second-order valence-corrected chi connectivity index (χ2v) is 7.32. The van der Waals surface area contributed by atoms with E-state index in [1.54, 1.807) is 27.8 Å². The zero-order chi connectivity index (χ0) is 20.0. The van der Waals surface area contributed by atoms with Crippen LogP contribution < -0.4 is 10.6 Å². The van der Waals surface area contributed by atoms with E-state index in [1.807, 2.05) is 0 Å². The number of carbonyl (C=O) groups is 1.